The Morgan fingerprint density at radius 1 is 1.38 bits per heavy atom. The Morgan fingerprint density at radius 3 is 2.81 bits per heavy atom. The molecule has 0 saturated carbocycles. The van der Waals surface area contributed by atoms with E-state index >= 15 is 0 Å². The van der Waals surface area contributed by atoms with Crippen LogP contribution in [0.2, 0.25) is 0 Å². The van der Waals surface area contributed by atoms with E-state index in [1.54, 1.807) is 6.20 Å². The molecule has 0 aliphatic heterocycles. The van der Waals surface area contributed by atoms with Crippen LogP contribution in [0.4, 0.5) is 5.82 Å². The molecule has 16 heavy (non-hydrogen) atoms. The van der Waals surface area contributed by atoms with Gasteiger partial charge in [-0.05, 0) is 18.4 Å². The van der Waals surface area contributed by atoms with Gasteiger partial charge in [0.25, 0.3) is 0 Å². The second-order valence-corrected chi connectivity index (χ2v) is 5.32. The van der Waals surface area contributed by atoms with Crippen LogP contribution in [0, 0.1) is 12.3 Å². The first-order valence-electron chi connectivity index (χ1n) is 5.51. The summed E-state index contributed by atoms with van der Waals surface area (Å²) >= 11 is 0. The molecule has 0 bridgehead atoms. The van der Waals surface area contributed by atoms with Crippen LogP contribution < -0.4 is 5.32 Å². The van der Waals surface area contributed by atoms with Crippen molar-refractivity contribution in [2.45, 2.75) is 27.7 Å². The van der Waals surface area contributed by atoms with Crippen molar-refractivity contribution in [3.8, 4) is 0 Å². The summed E-state index contributed by atoms with van der Waals surface area (Å²) < 4.78 is 0. The summed E-state index contributed by atoms with van der Waals surface area (Å²) in [5.41, 5.74) is 2.25. The van der Waals surface area contributed by atoms with E-state index in [4.69, 9.17) is 0 Å². The fourth-order valence-corrected chi connectivity index (χ4v) is 1.60. The summed E-state index contributed by atoms with van der Waals surface area (Å²) in [7, 11) is 0. The van der Waals surface area contributed by atoms with Gasteiger partial charge in [-0.3, -0.25) is 5.10 Å². The van der Waals surface area contributed by atoms with Crippen LogP contribution in [0.1, 0.15) is 26.5 Å². The van der Waals surface area contributed by atoms with Crippen LogP contribution >= 0.6 is 0 Å². The van der Waals surface area contributed by atoms with E-state index in [1.165, 1.54) is 0 Å². The molecule has 0 saturated heterocycles. The van der Waals surface area contributed by atoms with Crippen molar-refractivity contribution >= 4 is 16.7 Å². The van der Waals surface area contributed by atoms with Crippen molar-refractivity contribution in [2.24, 2.45) is 5.41 Å². The third kappa shape index (κ3) is 2.15. The van der Waals surface area contributed by atoms with Crippen molar-refractivity contribution < 1.29 is 0 Å². The molecule has 86 valence electrons. The molecule has 0 aromatic carbocycles. The lowest BCUT2D eigenvalue weighted by atomic mass is 9.97. The average molecular weight is 218 g/mol. The summed E-state index contributed by atoms with van der Waals surface area (Å²) in [6.45, 7) is 9.50. The van der Waals surface area contributed by atoms with Gasteiger partial charge in [-0.2, -0.15) is 5.10 Å². The number of aromatic nitrogens is 3. The fourth-order valence-electron chi connectivity index (χ4n) is 1.60. The monoisotopic (exact) mass is 218 g/mol. The van der Waals surface area contributed by atoms with Crippen LogP contribution in [-0.4, -0.2) is 21.7 Å². The van der Waals surface area contributed by atoms with Crippen molar-refractivity contribution in [3.05, 3.63) is 18.0 Å². The molecule has 4 nitrogen and oxygen atoms in total. The highest BCUT2D eigenvalue weighted by molar-refractivity contribution is 5.91. The summed E-state index contributed by atoms with van der Waals surface area (Å²) in [6, 6.07) is 1.92. The van der Waals surface area contributed by atoms with E-state index in [0.29, 0.717) is 0 Å². The number of H-pyrrole nitrogens is 1. The van der Waals surface area contributed by atoms with E-state index < -0.39 is 0 Å². The van der Waals surface area contributed by atoms with Gasteiger partial charge in [0.15, 0.2) is 0 Å². The number of aryl methyl sites for hydroxylation is 1. The Balaban J connectivity index is 2.33. The second kappa shape index (κ2) is 3.77. The lowest BCUT2D eigenvalue weighted by molar-refractivity contribution is 0.442. The molecule has 0 atom stereocenters. The van der Waals surface area contributed by atoms with Crippen LogP contribution in [0.5, 0.6) is 0 Å². The van der Waals surface area contributed by atoms with Gasteiger partial charge in [0.1, 0.15) is 5.82 Å². The zero-order valence-electron chi connectivity index (χ0n) is 10.3. The minimum Gasteiger partial charge on any atom is -0.369 e. The third-order valence-corrected chi connectivity index (χ3v) is 2.43. The number of pyridine rings is 1. The standard InChI is InChI=1S/C12H18N4/c1-8-10-9(16-15-8)5-6-13-11(10)14-7-12(2,3)4/h5-6H,7H2,1-4H3,(H,13,14)(H,15,16). The van der Waals surface area contributed by atoms with Gasteiger partial charge < -0.3 is 5.32 Å². The Morgan fingerprint density at radius 2 is 2.12 bits per heavy atom. The molecule has 0 aliphatic rings. The largest absolute Gasteiger partial charge is 0.369 e. The average Bonchev–Trinajstić information content (AvgIpc) is 2.57. The molecule has 4 heteroatoms. The second-order valence-electron chi connectivity index (χ2n) is 5.32. The van der Waals surface area contributed by atoms with Crippen molar-refractivity contribution in [3.63, 3.8) is 0 Å². The normalized spacial score (nSPS) is 12.0. The molecule has 0 unspecified atom stereocenters. The number of nitrogens with one attached hydrogen (secondary N) is 2. The highest BCUT2D eigenvalue weighted by Gasteiger charge is 2.13. The van der Waals surface area contributed by atoms with Gasteiger partial charge in [-0.15, -0.1) is 0 Å². The van der Waals surface area contributed by atoms with E-state index in [1.807, 2.05) is 13.0 Å². The van der Waals surface area contributed by atoms with Gasteiger partial charge in [0.2, 0.25) is 0 Å². The molecule has 2 aromatic rings. The molecular weight excluding hydrogens is 200 g/mol. The number of aromatic amines is 1. The predicted molar refractivity (Wildman–Crippen MR) is 66.6 cm³/mol. The highest BCUT2D eigenvalue weighted by Crippen LogP contribution is 2.23. The van der Waals surface area contributed by atoms with Crippen LogP contribution in [0.25, 0.3) is 10.9 Å². The topological polar surface area (TPSA) is 53.6 Å². The van der Waals surface area contributed by atoms with E-state index in [0.717, 1.165) is 29.0 Å². The third-order valence-electron chi connectivity index (χ3n) is 2.43. The molecule has 0 fully saturated rings. The predicted octanol–water partition coefficient (Wildman–Crippen LogP) is 2.72. The molecular formula is C12H18N4. The Bertz CT molecular complexity index is 493. The highest BCUT2D eigenvalue weighted by atomic mass is 15.1. The summed E-state index contributed by atoms with van der Waals surface area (Å²) in [4.78, 5) is 4.37. The maximum Gasteiger partial charge on any atom is 0.137 e. The van der Waals surface area contributed by atoms with Gasteiger partial charge in [0, 0.05) is 18.4 Å². The van der Waals surface area contributed by atoms with E-state index in [9.17, 15) is 0 Å². The number of anilines is 1. The van der Waals surface area contributed by atoms with Crippen molar-refractivity contribution in [2.75, 3.05) is 11.9 Å². The van der Waals surface area contributed by atoms with Crippen LogP contribution in [0.15, 0.2) is 12.3 Å². The lowest BCUT2D eigenvalue weighted by Gasteiger charge is -2.19. The molecule has 2 rings (SSSR count). The first-order valence-corrected chi connectivity index (χ1v) is 5.51. The first-order chi connectivity index (χ1) is 7.47. The maximum absolute atomic E-state index is 4.37. The lowest BCUT2D eigenvalue weighted by Crippen LogP contribution is -2.19. The molecule has 0 radical (unpaired) electrons. The van der Waals surface area contributed by atoms with Crippen molar-refractivity contribution in [1.82, 2.24) is 15.2 Å². The minimum atomic E-state index is 0.238. The number of hydrogen-bond acceptors (Lipinski definition) is 3. The fraction of sp³-hybridized carbons (Fsp3) is 0.500. The SMILES string of the molecule is Cc1[nH]nc2ccnc(NCC(C)(C)C)c12. The zero-order valence-corrected chi connectivity index (χ0v) is 10.3. The molecule has 0 aliphatic carbocycles. The van der Waals surface area contributed by atoms with E-state index in [2.05, 4.69) is 41.3 Å². The number of hydrogen-bond donors (Lipinski definition) is 2. The van der Waals surface area contributed by atoms with Gasteiger partial charge in [-0.1, -0.05) is 20.8 Å². The zero-order chi connectivity index (χ0) is 11.8. The Kier molecular flexibility index (Phi) is 2.58. The van der Waals surface area contributed by atoms with Crippen LogP contribution in [0.3, 0.4) is 0 Å². The Hall–Kier alpha value is -1.58. The minimum absolute atomic E-state index is 0.238. The number of fused-ring (bicyclic) bond motifs is 1. The Labute approximate surface area is 95.5 Å². The van der Waals surface area contributed by atoms with Crippen LogP contribution in [-0.2, 0) is 0 Å². The summed E-state index contributed by atoms with van der Waals surface area (Å²) in [6.07, 6.45) is 1.79. The quantitative estimate of drug-likeness (QED) is 0.815. The molecule has 2 N–H and O–H groups in total. The van der Waals surface area contributed by atoms with Crippen molar-refractivity contribution in [1.29, 1.82) is 0 Å². The molecule has 2 heterocycles. The van der Waals surface area contributed by atoms with Gasteiger partial charge in [0.05, 0.1) is 10.9 Å². The molecule has 2 aromatic heterocycles. The summed E-state index contributed by atoms with van der Waals surface area (Å²) in [5.74, 6) is 0.915. The molecule has 0 spiro atoms. The maximum atomic E-state index is 4.37. The van der Waals surface area contributed by atoms with Gasteiger partial charge >= 0.3 is 0 Å². The van der Waals surface area contributed by atoms with Gasteiger partial charge in [-0.25, -0.2) is 4.98 Å². The summed E-state index contributed by atoms with van der Waals surface area (Å²) in [5, 5.41) is 11.7. The molecule has 0 amide bonds. The smallest absolute Gasteiger partial charge is 0.137 e. The van der Waals surface area contributed by atoms with E-state index in [-0.39, 0.29) is 5.41 Å². The number of rotatable bonds is 2. The number of nitrogens with zero attached hydrogens (tertiary/aromatic N) is 2. The first kappa shape index (κ1) is 10.9.